The number of ether oxygens (including phenoxy) is 1. The van der Waals surface area contributed by atoms with Gasteiger partial charge in [-0.1, -0.05) is 34.8 Å². The molecule has 0 saturated heterocycles. The highest BCUT2D eigenvalue weighted by molar-refractivity contribution is 6.35. The molecule has 0 bridgehead atoms. The summed E-state index contributed by atoms with van der Waals surface area (Å²) in [7, 11) is 0. The van der Waals surface area contributed by atoms with Crippen molar-refractivity contribution in [2.24, 2.45) is 0 Å². The summed E-state index contributed by atoms with van der Waals surface area (Å²) in [6, 6.07) is 8.32. The van der Waals surface area contributed by atoms with Gasteiger partial charge in [0.05, 0.1) is 21.1 Å². The van der Waals surface area contributed by atoms with Crippen LogP contribution in [0.5, 0.6) is 11.5 Å². The summed E-state index contributed by atoms with van der Waals surface area (Å²) < 4.78 is 5.69. The average molecular weight is 348 g/mol. The minimum absolute atomic E-state index is 0.290. The molecule has 3 aromatic rings. The van der Waals surface area contributed by atoms with Crippen LogP contribution in [-0.4, -0.2) is 9.97 Å². The van der Waals surface area contributed by atoms with E-state index in [9.17, 15) is 0 Å². The van der Waals surface area contributed by atoms with Gasteiger partial charge < -0.3 is 9.72 Å². The number of aromatic nitrogens is 2. The van der Waals surface area contributed by atoms with Crippen molar-refractivity contribution in [1.82, 2.24) is 9.97 Å². The lowest BCUT2D eigenvalue weighted by Crippen LogP contribution is -1.87. The van der Waals surface area contributed by atoms with Gasteiger partial charge in [-0.2, -0.15) is 0 Å². The van der Waals surface area contributed by atoms with E-state index >= 15 is 0 Å². The van der Waals surface area contributed by atoms with Crippen LogP contribution in [0.4, 0.5) is 0 Å². The zero-order chi connectivity index (χ0) is 14.3. The van der Waals surface area contributed by atoms with Crippen molar-refractivity contribution in [3.05, 3.63) is 50.7 Å². The van der Waals surface area contributed by atoms with E-state index in [4.69, 9.17) is 51.1 Å². The molecule has 3 nitrogen and oxygen atoms in total. The van der Waals surface area contributed by atoms with Crippen molar-refractivity contribution < 1.29 is 4.74 Å². The number of benzene rings is 2. The predicted octanol–water partition coefficient (Wildman–Crippen LogP) is 5.97. The van der Waals surface area contributed by atoms with Crippen LogP contribution in [0.2, 0.25) is 20.4 Å². The second kappa shape index (κ2) is 5.34. The quantitative estimate of drug-likeness (QED) is 0.620. The fourth-order valence-corrected chi connectivity index (χ4v) is 2.58. The molecule has 0 radical (unpaired) electrons. The van der Waals surface area contributed by atoms with Gasteiger partial charge in [-0.15, -0.1) is 0 Å². The fourth-order valence-electron chi connectivity index (χ4n) is 1.73. The first-order valence-corrected chi connectivity index (χ1v) is 7.02. The van der Waals surface area contributed by atoms with Gasteiger partial charge in [0, 0.05) is 11.1 Å². The fraction of sp³-hybridized carbons (Fsp3) is 0. The Morgan fingerprint density at radius 3 is 2.40 bits per heavy atom. The molecule has 102 valence electrons. The summed E-state index contributed by atoms with van der Waals surface area (Å²) >= 11 is 23.9. The molecule has 0 spiro atoms. The van der Waals surface area contributed by atoms with E-state index in [-0.39, 0.29) is 5.28 Å². The number of fused-ring (bicyclic) bond motifs is 1. The van der Waals surface area contributed by atoms with E-state index in [0.29, 0.717) is 32.1 Å². The monoisotopic (exact) mass is 346 g/mol. The van der Waals surface area contributed by atoms with Crippen LogP contribution in [0, 0.1) is 0 Å². The molecule has 0 aliphatic heterocycles. The van der Waals surface area contributed by atoms with Gasteiger partial charge in [0.2, 0.25) is 5.28 Å². The van der Waals surface area contributed by atoms with Gasteiger partial charge in [0.15, 0.2) is 0 Å². The lowest BCUT2D eigenvalue weighted by molar-refractivity contribution is 0.484. The predicted molar refractivity (Wildman–Crippen MR) is 82.6 cm³/mol. The van der Waals surface area contributed by atoms with E-state index < -0.39 is 0 Å². The SMILES string of the molecule is Clc1ccc(Oc2cc3nc(Cl)[nH]c3cc2Cl)c(Cl)c1. The van der Waals surface area contributed by atoms with Crippen LogP contribution in [0.25, 0.3) is 11.0 Å². The van der Waals surface area contributed by atoms with E-state index in [1.807, 2.05) is 0 Å². The summed E-state index contributed by atoms with van der Waals surface area (Å²) in [4.78, 5) is 6.99. The molecule has 1 heterocycles. The van der Waals surface area contributed by atoms with Crippen LogP contribution in [0.3, 0.4) is 0 Å². The molecule has 1 N–H and O–H groups in total. The minimum atomic E-state index is 0.290. The number of hydrogen-bond acceptors (Lipinski definition) is 2. The lowest BCUT2D eigenvalue weighted by Gasteiger charge is -2.09. The second-order valence-electron chi connectivity index (χ2n) is 4.00. The first kappa shape index (κ1) is 13.8. The molecule has 0 fully saturated rings. The maximum atomic E-state index is 6.16. The number of nitrogens with one attached hydrogen (secondary N) is 1. The summed E-state index contributed by atoms with van der Waals surface area (Å²) in [6.45, 7) is 0. The van der Waals surface area contributed by atoms with Crippen LogP contribution in [0.15, 0.2) is 30.3 Å². The maximum Gasteiger partial charge on any atom is 0.201 e. The summed E-state index contributed by atoms with van der Waals surface area (Å²) in [5, 5.41) is 1.64. The minimum Gasteiger partial charge on any atom is -0.454 e. The Bertz CT molecular complexity index is 800. The normalized spacial score (nSPS) is 11.0. The number of imidazole rings is 1. The van der Waals surface area contributed by atoms with Gasteiger partial charge in [-0.3, -0.25) is 0 Å². The van der Waals surface area contributed by atoms with Crippen molar-refractivity contribution in [3.63, 3.8) is 0 Å². The molecule has 0 saturated carbocycles. The molecule has 20 heavy (non-hydrogen) atoms. The highest BCUT2D eigenvalue weighted by Crippen LogP contribution is 2.36. The molecule has 0 unspecified atom stereocenters. The van der Waals surface area contributed by atoms with Crippen LogP contribution in [0.1, 0.15) is 0 Å². The van der Waals surface area contributed by atoms with E-state index in [0.717, 1.165) is 5.52 Å². The maximum absolute atomic E-state index is 6.16. The summed E-state index contributed by atoms with van der Waals surface area (Å²) in [6.07, 6.45) is 0. The number of rotatable bonds is 2. The number of nitrogens with zero attached hydrogens (tertiary/aromatic N) is 1. The van der Waals surface area contributed by atoms with Gasteiger partial charge in [-0.05, 0) is 35.9 Å². The smallest absolute Gasteiger partial charge is 0.201 e. The van der Waals surface area contributed by atoms with Crippen molar-refractivity contribution in [2.75, 3.05) is 0 Å². The standard InChI is InChI=1S/C13H6Cl4N2O/c14-6-1-2-11(7(15)3-6)20-12-5-10-9(4-8(12)16)18-13(17)19-10/h1-5H,(H,18,19). The van der Waals surface area contributed by atoms with Crippen molar-refractivity contribution in [1.29, 1.82) is 0 Å². The third kappa shape index (κ3) is 2.67. The molecule has 0 aliphatic carbocycles. The lowest BCUT2D eigenvalue weighted by atomic mass is 10.3. The topological polar surface area (TPSA) is 37.9 Å². The zero-order valence-electron chi connectivity index (χ0n) is 9.75. The highest BCUT2D eigenvalue weighted by atomic mass is 35.5. The summed E-state index contributed by atoms with van der Waals surface area (Å²) in [5.74, 6) is 0.894. The molecule has 3 rings (SSSR count). The van der Waals surface area contributed by atoms with Crippen LogP contribution >= 0.6 is 46.4 Å². The number of aromatic amines is 1. The number of H-pyrrole nitrogens is 1. The van der Waals surface area contributed by atoms with Crippen LogP contribution in [-0.2, 0) is 0 Å². The molecule has 0 atom stereocenters. The molecule has 1 aromatic heterocycles. The Morgan fingerprint density at radius 1 is 0.900 bits per heavy atom. The highest BCUT2D eigenvalue weighted by Gasteiger charge is 2.11. The third-order valence-electron chi connectivity index (χ3n) is 2.62. The first-order chi connectivity index (χ1) is 9.52. The second-order valence-corrected chi connectivity index (χ2v) is 5.61. The Labute approximate surface area is 134 Å². The van der Waals surface area contributed by atoms with Gasteiger partial charge in [-0.25, -0.2) is 4.98 Å². The molecule has 7 heteroatoms. The van der Waals surface area contributed by atoms with Crippen molar-refractivity contribution in [3.8, 4) is 11.5 Å². The zero-order valence-corrected chi connectivity index (χ0v) is 12.8. The molecular formula is C13H6Cl4N2O. The van der Waals surface area contributed by atoms with E-state index in [1.54, 1.807) is 30.3 Å². The summed E-state index contributed by atoms with van der Waals surface area (Å²) in [5.41, 5.74) is 1.38. The van der Waals surface area contributed by atoms with E-state index in [1.165, 1.54) is 0 Å². The van der Waals surface area contributed by atoms with Crippen molar-refractivity contribution >= 4 is 57.4 Å². The Balaban J connectivity index is 2.03. The average Bonchev–Trinajstić information content (AvgIpc) is 2.72. The number of hydrogen-bond donors (Lipinski definition) is 1. The van der Waals surface area contributed by atoms with Gasteiger partial charge in [0.1, 0.15) is 11.5 Å². The third-order valence-corrected chi connectivity index (χ3v) is 3.63. The molecule has 0 amide bonds. The Hall–Kier alpha value is -1.13. The van der Waals surface area contributed by atoms with Crippen LogP contribution < -0.4 is 4.74 Å². The molecular weight excluding hydrogens is 342 g/mol. The largest absolute Gasteiger partial charge is 0.454 e. The molecule has 2 aromatic carbocycles. The van der Waals surface area contributed by atoms with Crippen molar-refractivity contribution in [2.45, 2.75) is 0 Å². The molecule has 0 aliphatic rings. The Kier molecular flexibility index (Phi) is 3.69. The van der Waals surface area contributed by atoms with Gasteiger partial charge >= 0.3 is 0 Å². The van der Waals surface area contributed by atoms with Gasteiger partial charge in [0.25, 0.3) is 0 Å². The number of halogens is 4. The Morgan fingerprint density at radius 2 is 1.65 bits per heavy atom. The van der Waals surface area contributed by atoms with E-state index in [2.05, 4.69) is 9.97 Å². The first-order valence-electron chi connectivity index (χ1n) is 5.50.